The van der Waals surface area contributed by atoms with Crippen LogP contribution in [0.2, 0.25) is 0 Å². The van der Waals surface area contributed by atoms with Gasteiger partial charge in [-0.1, -0.05) is 0 Å². The Morgan fingerprint density at radius 1 is 1.31 bits per heavy atom. The lowest BCUT2D eigenvalue weighted by molar-refractivity contribution is -0.869. The summed E-state index contributed by atoms with van der Waals surface area (Å²) in [5.74, 6) is 0. The third-order valence-electron chi connectivity index (χ3n) is 2.28. The van der Waals surface area contributed by atoms with Crippen LogP contribution in [0.5, 0.6) is 0 Å². The number of likely N-dealkylation sites (N-methyl/N-ethyl adjacent to an activating group) is 1. The van der Waals surface area contributed by atoms with Gasteiger partial charge in [0.15, 0.2) is 0 Å². The van der Waals surface area contributed by atoms with E-state index in [1.165, 1.54) is 0 Å². The summed E-state index contributed by atoms with van der Waals surface area (Å²) >= 11 is 0. The summed E-state index contributed by atoms with van der Waals surface area (Å²) in [5.41, 5.74) is 13.5. The number of aromatic nitrogens is 1. The molecule has 5 nitrogen and oxygen atoms in total. The van der Waals surface area contributed by atoms with Gasteiger partial charge in [-0.15, -0.1) is 0 Å². The zero-order valence-corrected chi connectivity index (χ0v) is 10.3. The molecule has 0 spiro atoms. The van der Waals surface area contributed by atoms with Gasteiger partial charge < -0.3 is 21.3 Å². The highest BCUT2D eigenvalue weighted by Crippen LogP contribution is 2.11. The molecule has 1 heterocycles. The van der Waals surface area contributed by atoms with Crippen LogP contribution in [0.25, 0.3) is 0 Å². The van der Waals surface area contributed by atoms with Gasteiger partial charge in [-0.2, -0.15) is 0 Å². The van der Waals surface area contributed by atoms with Crippen molar-refractivity contribution in [2.24, 2.45) is 0 Å². The van der Waals surface area contributed by atoms with Crippen LogP contribution in [-0.4, -0.2) is 43.7 Å². The zero-order chi connectivity index (χ0) is 12.2. The predicted octanol–water partition coefficient (Wildman–Crippen LogP) is 0.0418. The Morgan fingerprint density at radius 3 is 2.56 bits per heavy atom. The van der Waals surface area contributed by atoms with Crippen molar-refractivity contribution in [3.63, 3.8) is 0 Å². The molecule has 0 saturated carbocycles. The van der Waals surface area contributed by atoms with Crippen molar-refractivity contribution >= 4 is 11.4 Å². The maximum atomic E-state index is 5.80. The van der Waals surface area contributed by atoms with Gasteiger partial charge in [0.25, 0.3) is 0 Å². The summed E-state index contributed by atoms with van der Waals surface area (Å²) < 4.78 is 0.942. The van der Waals surface area contributed by atoms with Gasteiger partial charge in [-0.05, 0) is 6.07 Å². The number of quaternary nitrogens is 1. The molecular formula is C11H22N5+. The molecule has 90 valence electrons. The fourth-order valence-corrected chi connectivity index (χ4v) is 1.30. The normalized spacial score (nSPS) is 11.7. The Labute approximate surface area is 97.0 Å². The molecule has 0 atom stereocenters. The number of nitrogens with zero attached hydrogens (tertiary/aromatic N) is 2. The molecule has 5 heteroatoms. The number of pyridine rings is 1. The van der Waals surface area contributed by atoms with Crippen molar-refractivity contribution in [1.29, 1.82) is 0 Å². The minimum atomic E-state index is 0.604. The van der Waals surface area contributed by atoms with E-state index in [4.69, 9.17) is 11.5 Å². The Hall–Kier alpha value is -1.33. The number of nitrogens with two attached hydrogens (primary N) is 2. The van der Waals surface area contributed by atoms with E-state index in [-0.39, 0.29) is 0 Å². The molecule has 0 unspecified atom stereocenters. The largest absolute Gasteiger partial charge is 0.397 e. The summed E-state index contributed by atoms with van der Waals surface area (Å²) in [5, 5.41) is 3.32. The summed E-state index contributed by atoms with van der Waals surface area (Å²) in [6.45, 7) is 2.69. The maximum Gasteiger partial charge on any atom is 0.0907 e. The Bertz CT molecular complexity index is 343. The van der Waals surface area contributed by atoms with E-state index in [0.717, 1.165) is 23.3 Å². The second kappa shape index (κ2) is 5.14. The van der Waals surface area contributed by atoms with Crippen molar-refractivity contribution in [2.75, 3.05) is 45.7 Å². The molecule has 0 aliphatic heterocycles. The van der Waals surface area contributed by atoms with Gasteiger partial charge in [0.05, 0.1) is 51.0 Å². The fourth-order valence-electron chi connectivity index (χ4n) is 1.30. The Morgan fingerprint density at radius 2 is 2.00 bits per heavy atom. The first-order valence-electron chi connectivity index (χ1n) is 5.39. The number of nitrogens with one attached hydrogen (secondary N) is 1. The number of hydrogen-bond acceptors (Lipinski definition) is 4. The number of rotatable bonds is 5. The van der Waals surface area contributed by atoms with Crippen LogP contribution in [0.3, 0.4) is 0 Å². The summed E-state index contributed by atoms with van der Waals surface area (Å²) in [6.07, 6.45) is 1.63. The molecular weight excluding hydrogens is 202 g/mol. The first-order chi connectivity index (χ1) is 7.38. The van der Waals surface area contributed by atoms with Crippen LogP contribution in [0, 0.1) is 0 Å². The second-order valence-corrected chi connectivity index (χ2v) is 5.00. The molecule has 0 aromatic carbocycles. The SMILES string of the molecule is C[N+](C)(C)CCNCc1ncc(N)cc1N. The van der Waals surface area contributed by atoms with Crippen molar-refractivity contribution in [2.45, 2.75) is 6.54 Å². The van der Waals surface area contributed by atoms with Crippen LogP contribution in [0.4, 0.5) is 11.4 Å². The zero-order valence-electron chi connectivity index (χ0n) is 10.3. The molecule has 0 saturated heterocycles. The van der Waals surface area contributed by atoms with Crippen LogP contribution in [0.1, 0.15) is 5.69 Å². The molecule has 0 aliphatic carbocycles. The minimum absolute atomic E-state index is 0.604. The maximum absolute atomic E-state index is 5.80. The van der Waals surface area contributed by atoms with Gasteiger partial charge in [0.2, 0.25) is 0 Å². The fraction of sp³-hybridized carbons (Fsp3) is 0.545. The smallest absolute Gasteiger partial charge is 0.0907 e. The first-order valence-corrected chi connectivity index (χ1v) is 5.39. The van der Waals surface area contributed by atoms with Crippen LogP contribution < -0.4 is 16.8 Å². The molecule has 0 amide bonds. The predicted molar refractivity (Wildman–Crippen MR) is 67.7 cm³/mol. The molecule has 0 radical (unpaired) electrons. The van der Waals surface area contributed by atoms with Crippen molar-refractivity contribution in [3.05, 3.63) is 18.0 Å². The van der Waals surface area contributed by atoms with Crippen LogP contribution in [-0.2, 0) is 6.54 Å². The Balaban J connectivity index is 2.38. The highest BCUT2D eigenvalue weighted by atomic mass is 15.3. The molecule has 0 fully saturated rings. The third kappa shape index (κ3) is 4.46. The lowest BCUT2D eigenvalue weighted by Crippen LogP contribution is -2.40. The van der Waals surface area contributed by atoms with Crippen molar-refractivity contribution in [1.82, 2.24) is 10.3 Å². The molecule has 5 N–H and O–H groups in total. The monoisotopic (exact) mass is 224 g/mol. The summed E-state index contributed by atoms with van der Waals surface area (Å²) in [4.78, 5) is 4.19. The minimum Gasteiger partial charge on any atom is -0.397 e. The number of nitrogen functional groups attached to an aromatic ring is 2. The third-order valence-corrected chi connectivity index (χ3v) is 2.28. The van der Waals surface area contributed by atoms with E-state index in [1.807, 2.05) is 0 Å². The van der Waals surface area contributed by atoms with Crippen molar-refractivity contribution < 1.29 is 4.48 Å². The summed E-state index contributed by atoms with van der Waals surface area (Å²) in [7, 11) is 6.49. The average Bonchev–Trinajstić information content (AvgIpc) is 2.13. The summed E-state index contributed by atoms with van der Waals surface area (Å²) in [6, 6.07) is 1.74. The van der Waals surface area contributed by atoms with E-state index in [9.17, 15) is 0 Å². The van der Waals surface area contributed by atoms with E-state index < -0.39 is 0 Å². The lowest BCUT2D eigenvalue weighted by atomic mass is 10.3. The lowest BCUT2D eigenvalue weighted by Gasteiger charge is -2.23. The van der Waals surface area contributed by atoms with Crippen LogP contribution in [0.15, 0.2) is 12.3 Å². The van der Waals surface area contributed by atoms with Gasteiger partial charge in [0.1, 0.15) is 0 Å². The van der Waals surface area contributed by atoms with E-state index in [0.29, 0.717) is 17.9 Å². The molecule has 0 aliphatic rings. The molecule has 1 rings (SSSR count). The standard InChI is InChI=1S/C11H22N5/c1-16(2,3)5-4-14-8-11-10(13)6-9(12)7-15-11/h6-7,14H,4-5,8,12-13H2,1-3H3/q+1. The molecule has 1 aromatic heterocycles. The van der Waals surface area contributed by atoms with Gasteiger partial charge >= 0.3 is 0 Å². The van der Waals surface area contributed by atoms with E-state index in [2.05, 4.69) is 31.4 Å². The Kier molecular flexibility index (Phi) is 4.09. The van der Waals surface area contributed by atoms with Crippen LogP contribution >= 0.6 is 0 Å². The van der Waals surface area contributed by atoms with Crippen molar-refractivity contribution in [3.8, 4) is 0 Å². The average molecular weight is 224 g/mol. The highest BCUT2D eigenvalue weighted by Gasteiger charge is 2.06. The number of hydrogen-bond donors (Lipinski definition) is 3. The van der Waals surface area contributed by atoms with Gasteiger partial charge in [-0.25, -0.2) is 0 Å². The number of anilines is 2. The van der Waals surface area contributed by atoms with E-state index >= 15 is 0 Å². The van der Waals surface area contributed by atoms with Gasteiger partial charge in [0, 0.05) is 13.1 Å². The van der Waals surface area contributed by atoms with E-state index in [1.54, 1.807) is 12.3 Å². The molecule has 16 heavy (non-hydrogen) atoms. The topological polar surface area (TPSA) is 77.0 Å². The molecule has 0 bridgehead atoms. The first kappa shape index (κ1) is 12.7. The van der Waals surface area contributed by atoms with Gasteiger partial charge in [-0.3, -0.25) is 4.98 Å². The highest BCUT2D eigenvalue weighted by molar-refractivity contribution is 5.52. The quantitative estimate of drug-likeness (QED) is 0.487. The molecule has 1 aromatic rings. The second-order valence-electron chi connectivity index (χ2n) is 5.00.